The highest BCUT2D eigenvalue weighted by molar-refractivity contribution is 5.82. The van der Waals surface area contributed by atoms with Crippen LogP contribution in [0.4, 0.5) is 11.5 Å². The van der Waals surface area contributed by atoms with E-state index in [2.05, 4.69) is 61.6 Å². The van der Waals surface area contributed by atoms with Crippen LogP contribution >= 0.6 is 0 Å². The summed E-state index contributed by atoms with van der Waals surface area (Å²) in [6.07, 6.45) is 6.19. The summed E-state index contributed by atoms with van der Waals surface area (Å²) < 4.78 is 0. The van der Waals surface area contributed by atoms with Crippen LogP contribution in [0, 0.1) is 0 Å². The fourth-order valence-corrected chi connectivity index (χ4v) is 4.45. The third-order valence-corrected chi connectivity index (χ3v) is 6.11. The Labute approximate surface area is 175 Å². The minimum absolute atomic E-state index is 0.767. The number of benzene rings is 2. The van der Waals surface area contributed by atoms with Crippen molar-refractivity contribution in [2.75, 3.05) is 5.32 Å². The zero-order chi connectivity index (χ0) is 19.9. The Morgan fingerprint density at radius 3 is 2.73 bits per heavy atom. The first-order valence-electron chi connectivity index (χ1n) is 10.6. The number of anilines is 2. The second-order valence-electron chi connectivity index (χ2n) is 8.31. The van der Waals surface area contributed by atoms with Gasteiger partial charge in [-0.15, -0.1) is 0 Å². The van der Waals surface area contributed by atoms with E-state index in [-0.39, 0.29) is 0 Å². The minimum Gasteiger partial charge on any atom is -0.339 e. The third kappa shape index (κ3) is 3.31. The largest absolute Gasteiger partial charge is 0.339 e. The van der Waals surface area contributed by atoms with E-state index in [1.165, 1.54) is 29.5 Å². The summed E-state index contributed by atoms with van der Waals surface area (Å²) in [5, 5.41) is 4.60. The fraction of sp³-hybridized carbons (Fsp3) is 0.240. The molecule has 0 atom stereocenters. The van der Waals surface area contributed by atoms with Crippen LogP contribution in [-0.2, 0) is 19.6 Å². The predicted octanol–water partition coefficient (Wildman–Crippen LogP) is 5.16. The van der Waals surface area contributed by atoms with E-state index < -0.39 is 0 Å². The van der Waals surface area contributed by atoms with Crippen molar-refractivity contribution in [3.8, 4) is 0 Å². The first-order valence-corrected chi connectivity index (χ1v) is 10.6. The van der Waals surface area contributed by atoms with Crippen LogP contribution in [-0.4, -0.2) is 19.9 Å². The predicted molar refractivity (Wildman–Crippen MR) is 118 cm³/mol. The van der Waals surface area contributed by atoms with E-state index in [4.69, 9.17) is 0 Å². The maximum Gasteiger partial charge on any atom is 0.138 e. The van der Waals surface area contributed by atoms with Crippen molar-refractivity contribution in [2.24, 2.45) is 0 Å². The second kappa shape index (κ2) is 7.18. The molecule has 1 fully saturated rings. The van der Waals surface area contributed by atoms with Gasteiger partial charge in [0.15, 0.2) is 0 Å². The molecule has 3 heterocycles. The van der Waals surface area contributed by atoms with Gasteiger partial charge in [-0.3, -0.25) is 9.88 Å². The Kier molecular flexibility index (Phi) is 4.20. The Balaban J connectivity index is 1.24. The fourth-order valence-electron chi connectivity index (χ4n) is 4.45. The first kappa shape index (κ1) is 17.5. The summed E-state index contributed by atoms with van der Waals surface area (Å²) in [7, 11) is 0. The van der Waals surface area contributed by atoms with Crippen LogP contribution in [0.5, 0.6) is 0 Å². The van der Waals surface area contributed by atoms with Crippen molar-refractivity contribution in [3.63, 3.8) is 0 Å². The first-order chi connectivity index (χ1) is 14.8. The summed E-state index contributed by atoms with van der Waals surface area (Å²) in [6, 6.07) is 19.2. The van der Waals surface area contributed by atoms with Gasteiger partial charge in [-0.25, -0.2) is 9.97 Å². The van der Waals surface area contributed by atoms with Crippen LogP contribution in [0.1, 0.15) is 41.1 Å². The molecule has 5 heteroatoms. The molecule has 6 rings (SSSR count). The summed E-state index contributed by atoms with van der Waals surface area (Å²) in [6.45, 7) is 2.68. The van der Waals surface area contributed by atoms with Gasteiger partial charge in [0, 0.05) is 30.6 Å². The van der Waals surface area contributed by atoms with Gasteiger partial charge in [-0.1, -0.05) is 42.5 Å². The number of nitrogens with one attached hydrogen (secondary N) is 1. The third-order valence-electron chi connectivity index (χ3n) is 6.11. The Hall–Kier alpha value is -3.31. The van der Waals surface area contributed by atoms with Crippen molar-refractivity contribution in [3.05, 3.63) is 89.5 Å². The molecule has 4 aromatic rings. The number of pyridine rings is 1. The molecule has 0 bridgehead atoms. The van der Waals surface area contributed by atoms with E-state index in [1.807, 2.05) is 24.4 Å². The van der Waals surface area contributed by atoms with E-state index >= 15 is 0 Å². The number of fused-ring (bicyclic) bond motifs is 2. The Morgan fingerprint density at radius 2 is 1.80 bits per heavy atom. The topological polar surface area (TPSA) is 53.9 Å². The van der Waals surface area contributed by atoms with Gasteiger partial charge < -0.3 is 5.32 Å². The molecule has 1 N–H and O–H groups in total. The van der Waals surface area contributed by atoms with Gasteiger partial charge >= 0.3 is 0 Å². The number of nitrogens with zero attached hydrogens (tertiary/aromatic N) is 4. The second-order valence-corrected chi connectivity index (χ2v) is 8.31. The maximum absolute atomic E-state index is 4.56. The number of rotatable bonds is 5. The Morgan fingerprint density at radius 1 is 0.933 bits per heavy atom. The van der Waals surface area contributed by atoms with Crippen LogP contribution in [0.15, 0.2) is 67.1 Å². The molecule has 30 heavy (non-hydrogen) atoms. The quantitative estimate of drug-likeness (QED) is 0.507. The maximum atomic E-state index is 4.56. The molecule has 0 radical (unpaired) electrons. The molecule has 2 aromatic heterocycles. The molecule has 0 amide bonds. The monoisotopic (exact) mass is 393 g/mol. The summed E-state index contributed by atoms with van der Waals surface area (Å²) in [5.41, 5.74) is 7.23. The molecule has 5 nitrogen and oxygen atoms in total. The number of hydrogen-bond donors (Lipinski definition) is 1. The van der Waals surface area contributed by atoms with Crippen LogP contribution in [0.2, 0.25) is 0 Å². The van der Waals surface area contributed by atoms with Crippen LogP contribution in [0.3, 0.4) is 0 Å². The SMILES string of the molecule is c1ccc(C2CC2)c(CN2Cc3ncnc(Nc4cnc5ccccc5c4)c3C2)c1. The molecule has 1 aliphatic carbocycles. The average molecular weight is 393 g/mol. The molecular formula is C25H23N5. The van der Waals surface area contributed by atoms with Crippen molar-refractivity contribution < 1.29 is 0 Å². The molecule has 2 aromatic carbocycles. The normalized spacial score (nSPS) is 16.0. The highest BCUT2D eigenvalue weighted by Gasteiger charge is 2.28. The van der Waals surface area contributed by atoms with E-state index in [0.29, 0.717) is 0 Å². The molecule has 1 aliphatic heterocycles. The lowest BCUT2D eigenvalue weighted by atomic mass is 10.0. The van der Waals surface area contributed by atoms with Gasteiger partial charge in [0.05, 0.1) is 23.1 Å². The van der Waals surface area contributed by atoms with E-state index in [1.54, 1.807) is 6.33 Å². The number of hydrogen-bond acceptors (Lipinski definition) is 5. The number of para-hydroxylation sites is 1. The van der Waals surface area contributed by atoms with Crippen LogP contribution in [0.25, 0.3) is 10.9 Å². The van der Waals surface area contributed by atoms with Gasteiger partial charge in [0.1, 0.15) is 12.1 Å². The summed E-state index contributed by atoms with van der Waals surface area (Å²) >= 11 is 0. The standard InChI is InChI=1S/C25H23N5/c1-3-7-21(17-9-10-17)19(6-1)13-30-14-22-24(15-30)27-16-28-25(22)29-20-11-18-5-2-4-8-23(18)26-12-20/h1-8,11-12,16-17H,9-10,13-15H2,(H,27,28,29). The Bertz CT molecular complexity index is 1230. The van der Waals surface area contributed by atoms with Crippen LogP contribution < -0.4 is 5.32 Å². The zero-order valence-electron chi connectivity index (χ0n) is 16.8. The van der Waals surface area contributed by atoms with Crippen molar-refractivity contribution in [1.29, 1.82) is 0 Å². The number of aromatic nitrogens is 3. The molecule has 148 valence electrons. The van der Waals surface area contributed by atoms with Gasteiger partial charge in [-0.2, -0.15) is 0 Å². The minimum atomic E-state index is 0.767. The lowest BCUT2D eigenvalue weighted by molar-refractivity contribution is 0.273. The zero-order valence-corrected chi connectivity index (χ0v) is 16.8. The van der Waals surface area contributed by atoms with E-state index in [9.17, 15) is 0 Å². The lowest BCUT2D eigenvalue weighted by Gasteiger charge is -2.17. The highest BCUT2D eigenvalue weighted by Crippen LogP contribution is 2.42. The molecule has 0 spiro atoms. The molecule has 2 aliphatic rings. The van der Waals surface area contributed by atoms with Gasteiger partial charge in [0.2, 0.25) is 0 Å². The van der Waals surface area contributed by atoms with Crippen molar-refractivity contribution >= 4 is 22.4 Å². The van der Waals surface area contributed by atoms with E-state index in [0.717, 1.165) is 53.7 Å². The van der Waals surface area contributed by atoms with Gasteiger partial charge in [0.25, 0.3) is 0 Å². The molecular weight excluding hydrogens is 370 g/mol. The highest BCUT2D eigenvalue weighted by atomic mass is 15.2. The lowest BCUT2D eigenvalue weighted by Crippen LogP contribution is -2.17. The summed E-state index contributed by atoms with van der Waals surface area (Å²) in [5.74, 6) is 1.65. The molecule has 1 saturated carbocycles. The van der Waals surface area contributed by atoms with Gasteiger partial charge in [-0.05, 0) is 42.0 Å². The smallest absolute Gasteiger partial charge is 0.138 e. The van der Waals surface area contributed by atoms with Crippen molar-refractivity contribution in [1.82, 2.24) is 19.9 Å². The van der Waals surface area contributed by atoms with Crippen molar-refractivity contribution in [2.45, 2.75) is 38.4 Å². The molecule has 0 saturated heterocycles. The summed E-state index contributed by atoms with van der Waals surface area (Å²) in [4.78, 5) is 16.1. The average Bonchev–Trinajstić information content (AvgIpc) is 3.54. The molecule has 0 unspecified atom stereocenters.